The Bertz CT molecular complexity index is 578. The lowest BCUT2D eigenvalue weighted by Gasteiger charge is -2.09. The summed E-state index contributed by atoms with van der Waals surface area (Å²) in [6.45, 7) is 0.474. The lowest BCUT2D eigenvalue weighted by molar-refractivity contribution is -0.122. The molecule has 1 heterocycles. The number of hydrogen-bond donors (Lipinski definition) is 1. The Labute approximate surface area is 126 Å². The fourth-order valence-electron chi connectivity index (χ4n) is 1.89. The van der Waals surface area contributed by atoms with E-state index >= 15 is 0 Å². The van der Waals surface area contributed by atoms with E-state index in [9.17, 15) is 9.59 Å². The summed E-state index contributed by atoms with van der Waals surface area (Å²) in [7, 11) is 3.10. The molecule has 1 aliphatic rings. The number of nitrogens with two attached hydrogens (primary N) is 1. The molecule has 0 aromatic heterocycles. The van der Waals surface area contributed by atoms with Crippen molar-refractivity contribution in [2.45, 2.75) is 0 Å². The van der Waals surface area contributed by atoms with Crippen molar-refractivity contribution in [2.24, 2.45) is 5.73 Å². The lowest BCUT2D eigenvalue weighted by atomic mass is 10.2. The molecule has 6 nitrogen and oxygen atoms in total. The SMILES string of the molecule is COc1cc(/C=C2\SC(=O)N(CCN)C2=O)cc(OC)c1. The largest absolute Gasteiger partial charge is 0.497 e. The second-order valence-corrected chi connectivity index (χ2v) is 5.26. The topological polar surface area (TPSA) is 81.9 Å². The van der Waals surface area contributed by atoms with Gasteiger partial charge in [0.05, 0.1) is 19.1 Å². The van der Waals surface area contributed by atoms with Crippen molar-refractivity contribution < 1.29 is 19.1 Å². The quantitative estimate of drug-likeness (QED) is 0.834. The standard InChI is InChI=1S/C14H16N2O4S/c1-19-10-5-9(6-11(8-10)20-2)7-12-13(17)16(4-3-15)14(18)21-12/h5-8H,3-4,15H2,1-2H3/b12-7-. The monoisotopic (exact) mass is 308 g/mol. The molecule has 1 fully saturated rings. The summed E-state index contributed by atoms with van der Waals surface area (Å²) >= 11 is 0.905. The Morgan fingerprint density at radius 1 is 1.19 bits per heavy atom. The zero-order valence-corrected chi connectivity index (χ0v) is 12.6. The van der Waals surface area contributed by atoms with Crippen molar-refractivity contribution in [2.75, 3.05) is 27.3 Å². The Morgan fingerprint density at radius 3 is 2.33 bits per heavy atom. The Morgan fingerprint density at radius 2 is 1.81 bits per heavy atom. The molecule has 0 saturated carbocycles. The van der Waals surface area contributed by atoms with Crippen molar-refractivity contribution in [1.82, 2.24) is 4.90 Å². The molecule has 21 heavy (non-hydrogen) atoms. The van der Waals surface area contributed by atoms with E-state index in [2.05, 4.69) is 0 Å². The minimum Gasteiger partial charge on any atom is -0.497 e. The molecule has 0 unspecified atom stereocenters. The molecule has 0 spiro atoms. The molecule has 2 N–H and O–H groups in total. The molecule has 2 amide bonds. The van der Waals surface area contributed by atoms with E-state index in [0.29, 0.717) is 16.4 Å². The zero-order valence-electron chi connectivity index (χ0n) is 11.8. The van der Waals surface area contributed by atoms with Gasteiger partial charge in [-0.15, -0.1) is 0 Å². The van der Waals surface area contributed by atoms with Gasteiger partial charge < -0.3 is 15.2 Å². The highest BCUT2D eigenvalue weighted by molar-refractivity contribution is 8.18. The van der Waals surface area contributed by atoms with Gasteiger partial charge in [-0.05, 0) is 35.5 Å². The highest BCUT2D eigenvalue weighted by atomic mass is 32.2. The summed E-state index contributed by atoms with van der Waals surface area (Å²) in [5, 5.41) is -0.299. The number of nitrogens with zero attached hydrogens (tertiary/aromatic N) is 1. The van der Waals surface area contributed by atoms with Crippen molar-refractivity contribution in [3.63, 3.8) is 0 Å². The third-order valence-electron chi connectivity index (χ3n) is 2.90. The van der Waals surface area contributed by atoms with E-state index in [1.54, 1.807) is 38.5 Å². The molecule has 0 radical (unpaired) electrons. The molecule has 1 saturated heterocycles. The minimum absolute atomic E-state index is 0.226. The number of methoxy groups -OCH3 is 2. The van der Waals surface area contributed by atoms with Gasteiger partial charge in [0.15, 0.2) is 0 Å². The van der Waals surface area contributed by atoms with Gasteiger partial charge in [-0.1, -0.05) is 0 Å². The van der Waals surface area contributed by atoms with E-state index in [-0.39, 0.29) is 24.2 Å². The van der Waals surface area contributed by atoms with E-state index in [1.807, 2.05) is 0 Å². The van der Waals surface area contributed by atoms with Gasteiger partial charge in [-0.25, -0.2) is 0 Å². The molecule has 0 bridgehead atoms. The van der Waals surface area contributed by atoms with Crippen molar-refractivity contribution in [3.05, 3.63) is 28.7 Å². The van der Waals surface area contributed by atoms with Crippen molar-refractivity contribution >= 4 is 29.0 Å². The Hall–Kier alpha value is -1.99. The fraction of sp³-hybridized carbons (Fsp3) is 0.286. The lowest BCUT2D eigenvalue weighted by Crippen LogP contribution is -2.33. The van der Waals surface area contributed by atoms with Crippen LogP contribution in [0.25, 0.3) is 6.08 Å². The molecule has 0 aliphatic carbocycles. The second-order valence-electron chi connectivity index (χ2n) is 4.27. The number of rotatable bonds is 5. The van der Waals surface area contributed by atoms with Crippen LogP contribution in [0.15, 0.2) is 23.1 Å². The molecule has 1 aromatic carbocycles. The molecular formula is C14H16N2O4S. The van der Waals surface area contributed by atoms with Gasteiger partial charge in [-0.3, -0.25) is 14.5 Å². The van der Waals surface area contributed by atoms with Crippen LogP contribution in [0.1, 0.15) is 5.56 Å². The second kappa shape index (κ2) is 6.64. The Kier molecular flexibility index (Phi) is 4.87. The number of ether oxygens (including phenoxy) is 2. The number of carbonyl (C=O) groups is 2. The highest BCUT2D eigenvalue weighted by Crippen LogP contribution is 2.33. The van der Waals surface area contributed by atoms with E-state index in [4.69, 9.17) is 15.2 Å². The predicted molar refractivity (Wildman–Crippen MR) is 81.3 cm³/mol. The van der Waals surface area contributed by atoms with Crippen LogP contribution >= 0.6 is 11.8 Å². The smallest absolute Gasteiger partial charge is 0.293 e. The molecule has 0 atom stereocenters. The average Bonchev–Trinajstić information content (AvgIpc) is 2.74. The highest BCUT2D eigenvalue weighted by Gasteiger charge is 2.34. The van der Waals surface area contributed by atoms with E-state index in [1.165, 1.54) is 0 Å². The normalized spacial score (nSPS) is 16.7. The molecule has 1 aromatic rings. The summed E-state index contributed by atoms with van der Waals surface area (Å²) in [6, 6.07) is 5.26. The third kappa shape index (κ3) is 3.37. The van der Waals surface area contributed by atoms with Gasteiger partial charge >= 0.3 is 0 Å². The number of carbonyl (C=O) groups excluding carboxylic acids is 2. The van der Waals surface area contributed by atoms with Crippen LogP contribution in [0.2, 0.25) is 0 Å². The first-order valence-corrected chi connectivity index (χ1v) is 7.09. The molecule has 2 rings (SSSR count). The fourth-order valence-corrected chi connectivity index (χ4v) is 2.75. The van der Waals surface area contributed by atoms with Crippen molar-refractivity contribution in [1.29, 1.82) is 0 Å². The van der Waals surface area contributed by atoms with Crippen LogP contribution in [0, 0.1) is 0 Å². The Balaban J connectivity index is 2.32. The first-order chi connectivity index (χ1) is 10.1. The van der Waals surface area contributed by atoms with Crippen LogP contribution in [0.3, 0.4) is 0 Å². The zero-order chi connectivity index (χ0) is 15.4. The molecule has 112 valence electrons. The molecule has 7 heteroatoms. The first kappa shape index (κ1) is 15.4. The van der Waals surface area contributed by atoms with Gasteiger partial charge in [0.2, 0.25) is 0 Å². The van der Waals surface area contributed by atoms with E-state index < -0.39 is 0 Å². The van der Waals surface area contributed by atoms with E-state index in [0.717, 1.165) is 22.2 Å². The molecule has 1 aliphatic heterocycles. The van der Waals surface area contributed by atoms with Crippen LogP contribution in [0.5, 0.6) is 11.5 Å². The maximum Gasteiger partial charge on any atom is 0.293 e. The summed E-state index contributed by atoms with van der Waals surface area (Å²) in [4.78, 5) is 25.4. The first-order valence-electron chi connectivity index (χ1n) is 6.27. The third-order valence-corrected chi connectivity index (χ3v) is 3.81. The van der Waals surface area contributed by atoms with Crippen LogP contribution in [-0.2, 0) is 4.79 Å². The number of amides is 2. The van der Waals surface area contributed by atoms with Gasteiger partial charge in [0.1, 0.15) is 11.5 Å². The number of imide groups is 1. The summed E-state index contributed by atoms with van der Waals surface area (Å²) in [5.41, 5.74) is 6.13. The summed E-state index contributed by atoms with van der Waals surface area (Å²) in [5.74, 6) is 0.904. The maximum absolute atomic E-state index is 12.1. The van der Waals surface area contributed by atoms with Crippen LogP contribution < -0.4 is 15.2 Å². The maximum atomic E-state index is 12.1. The van der Waals surface area contributed by atoms with Crippen LogP contribution in [0.4, 0.5) is 4.79 Å². The number of thioether (sulfide) groups is 1. The predicted octanol–water partition coefficient (Wildman–Crippen LogP) is 1.70. The molecular weight excluding hydrogens is 292 g/mol. The van der Waals surface area contributed by atoms with Crippen molar-refractivity contribution in [3.8, 4) is 11.5 Å². The van der Waals surface area contributed by atoms with Gasteiger partial charge in [0.25, 0.3) is 11.1 Å². The number of benzene rings is 1. The minimum atomic E-state index is -0.322. The number of hydrogen-bond acceptors (Lipinski definition) is 6. The van der Waals surface area contributed by atoms with Gasteiger partial charge in [0, 0.05) is 19.2 Å². The van der Waals surface area contributed by atoms with Crippen LogP contribution in [-0.4, -0.2) is 43.4 Å². The average molecular weight is 308 g/mol. The summed E-state index contributed by atoms with van der Waals surface area (Å²) < 4.78 is 10.3. The summed E-state index contributed by atoms with van der Waals surface area (Å²) in [6.07, 6.45) is 1.65. The van der Waals surface area contributed by atoms with Gasteiger partial charge in [-0.2, -0.15) is 0 Å².